The largest absolute Gasteiger partial charge is 0.456 e. The van der Waals surface area contributed by atoms with Crippen LogP contribution in [0, 0.1) is 6.92 Å². The van der Waals surface area contributed by atoms with Crippen molar-refractivity contribution in [2.45, 2.75) is 19.8 Å². The average Bonchev–Trinajstić information content (AvgIpc) is 2.63. The first-order valence-corrected chi connectivity index (χ1v) is 9.76. The molecule has 0 aliphatic carbocycles. The highest BCUT2D eigenvalue weighted by Crippen LogP contribution is 2.25. The molecule has 148 valence electrons. The molecular formula is C19H17BrCl2N2O4. The summed E-state index contributed by atoms with van der Waals surface area (Å²) in [5.41, 5.74) is 1.88. The number of hydrogen-bond donors (Lipinski definition) is 2. The van der Waals surface area contributed by atoms with Gasteiger partial charge >= 0.3 is 5.97 Å². The Labute approximate surface area is 180 Å². The fourth-order valence-electron chi connectivity index (χ4n) is 2.19. The molecular weight excluding hydrogens is 471 g/mol. The second-order valence-electron chi connectivity index (χ2n) is 5.84. The van der Waals surface area contributed by atoms with Gasteiger partial charge in [0.2, 0.25) is 5.91 Å². The lowest BCUT2D eigenvalue weighted by molar-refractivity contribution is -0.147. The third-order valence-electron chi connectivity index (χ3n) is 3.59. The van der Waals surface area contributed by atoms with E-state index in [4.69, 9.17) is 27.9 Å². The molecule has 0 bridgehead atoms. The Bertz CT molecular complexity index is 905. The number of nitrogens with one attached hydrogen (secondary N) is 2. The van der Waals surface area contributed by atoms with E-state index in [1.165, 1.54) is 12.1 Å². The Morgan fingerprint density at radius 1 is 0.964 bits per heavy atom. The van der Waals surface area contributed by atoms with Crippen LogP contribution < -0.4 is 10.6 Å². The van der Waals surface area contributed by atoms with Crippen molar-refractivity contribution in [2.24, 2.45) is 0 Å². The number of amides is 2. The fourth-order valence-corrected chi connectivity index (χ4v) is 3.01. The van der Waals surface area contributed by atoms with Crippen molar-refractivity contribution in [2.75, 3.05) is 17.2 Å². The number of halogens is 3. The number of esters is 1. The number of ether oxygens (including phenoxy) is 1. The van der Waals surface area contributed by atoms with E-state index in [0.29, 0.717) is 21.4 Å². The van der Waals surface area contributed by atoms with E-state index < -0.39 is 18.5 Å². The van der Waals surface area contributed by atoms with Crippen LogP contribution in [0.5, 0.6) is 0 Å². The second kappa shape index (κ2) is 10.5. The Morgan fingerprint density at radius 3 is 2.39 bits per heavy atom. The fraction of sp³-hybridized carbons (Fsp3) is 0.211. The predicted molar refractivity (Wildman–Crippen MR) is 113 cm³/mol. The van der Waals surface area contributed by atoms with Crippen LogP contribution >= 0.6 is 39.1 Å². The van der Waals surface area contributed by atoms with E-state index in [1.54, 1.807) is 12.1 Å². The van der Waals surface area contributed by atoms with Crippen LogP contribution in [0.3, 0.4) is 0 Å². The molecule has 0 spiro atoms. The van der Waals surface area contributed by atoms with Crippen LogP contribution in [0.2, 0.25) is 10.0 Å². The lowest BCUT2D eigenvalue weighted by atomic mass is 10.2. The molecule has 2 amide bonds. The molecule has 0 saturated carbocycles. The van der Waals surface area contributed by atoms with E-state index >= 15 is 0 Å². The van der Waals surface area contributed by atoms with Crippen molar-refractivity contribution < 1.29 is 19.1 Å². The molecule has 2 rings (SSSR count). The minimum absolute atomic E-state index is 0.0594. The maximum atomic E-state index is 12.0. The number of anilines is 2. The number of carbonyl (C=O) groups is 3. The van der Waals surface area contributed by atoms with Gasteiger partial charge in [0, 0.05) is 21.6 Å². The number of benzene rings is 2. The molecule has 2 N–H and O–H groups in total. The minimum atomic E-state index is -0.657. The van der Waals surface area contributed by atoms with Gasteiger partial charge < -0.3 is 15.4 Å². The summed E-state index contributed by atoms with van der Waals surface area (Å²) in [5.74, 6) is -1.54. The standard InChI is InChI=1S/C19H17BrCl2N2O4/c1-11-8-12(20)2-5-15(11)23-17(25)6-7-19(27)28-10-18(26)24-16-9-13(21)3-4-14(16)22/h2-5,8-9H,6-7,10H2,1H3,(H,23,25)(H,24,26). The first kappa shape index (κ1) is 22.2. The lowest BCUT2D eigenvalue weighted by Gasteiger charge is -2.09. The molecule has 0 fully saturated rings. The molecule has 0 saturated heterocycles. The van der Waals surface area contributed by atoms with Crippen LogP contribution in [0.25, 0.3) is 0 Å². The summed E-state index contributed by atoms with van der Waals surface area (Å²) in [5, 5.41) is 5.94. The smallest absolute Gasteiger partial charge is 0.306 e. The molecule has 0 unspecified atom stereocenters. The SMILES string of the molecule is Cc1cc(Br)ccc1NC(=O)CCC(=O)OCC(=O)Nc1cc(Cl)ccc1Cl. The normalized spacial score (nSPS) is 10.3. The van der Waals surface area contributed by atoms with E-state index in [1.807, 2.05) is 19.1 Å². The van der Waals surface area contributed by atoms with Gasteiger partial charge in [-0.05, 0) is 48.9 Å². The number of hydrogen-bond acceptors (Lipinski definition) is 4. The second-order valence-corrected chi connectivity index (χ2v) is 7.60. The molecule has 0 aliphatic rings. The van der Waals surface area contributed by atoms with Crippen LogP contribution in [-0.2, 0) is 19.1 Å². The monoisotopic (exact) mass is 486 g/mol. The van der Waals surface area contributed by atoms with Gasteiger partial charge in [-0.15, -0.1) is 0 Å². The highest BCUT2D eigenvalue weighted by molar-refractivity contribution is 9.10. The molecule has 9 heteroatoms. The molecule has 28 heavy (non-hydrogen) atoms. The highest BCUT2D eigenvalue weighted by atomic mass is 79.9. The Kier molecular flexibility index (Phi) is 8.29. The van der Waals surface area contributed by atoms with Crippen molar-refractivity contribution in [3.8, 4) is 0 Å². The zero-order valence-corrected chi connectivity index (χ0v) is 18.0. The molecule has 0 aliphatic heterocycles. The van der Waals surface area contributed by atoms with E-state index in [9.17, 15) is 14.4 Å². The van der Waals surface area contributed by atoms with E-state index in [2.05, 4.69) is 26.6 Å². The van der Waals surface area contributed by atoms with Gasteiger partial charge in [-0.25, -0.2) is 0 Å². The van der Waals surface area contributed by atoms with E-state index in [0.717, 1.165) is 10.0 Å². The van der Waals surface area contributed by atoms with Crippen molar-refractivity contribution >= 4 is 68.3 Å². The number of rotatable bonds is 7. The Morgan fingerprint density at radius 2 is 1.68 bits per heavy atom. The summed E-state index contributed by atoms with van der Waals surface area (Å²) in [6, 6.07) is 10.0. The third kappa shape index (κ3) is 7.14. The summed E-state index contributed by atoms with van der Waals surface area (Å²) in [7, 11) is 0. The summed E-state index contributed by atoms with van der Waals surface area (Å²) in [6.45, 7) is 1.37. The summed E-state index contributed by atoms with van der Waals surface area (Å²) in [4.78, 5) is 35.6. The maximum absolute atomic E-state index is 12.0. The zero-order chi connectivity index (χ0) is 20.7. The van der Waals surface area contributed by atoms with Crippen LogP contribution in [0.1, 0.15) is 18.4 Å². The summed E-state index contributed by atoms with van der Waals surface area (Å²) in [6.07, 6.45) is -0.206. The molecule has 0 heterocycles. The molecule has 6 nitrogen and oxygen atoms in total. The van der Waals surface area contributed by atoms with Gasteiger partial charge in [0.25, 0.3) is 5.91 Å². The summed E-state index contributed by atoms with van der Waals surface area (Å²) >= 11 is 15.1. The quantitative estimate of drug-likeness (QED) is 0.540. The van der Waals surface area contributed by atoms with Gasteiger partial charge in [-0.2, -0.15) is 0 Å². The zero-order valence-electron chi connectivity index (χ0n) is 14.9. The number of carbonyl (C=O) groups excluding carboxylic acids is 3. The molecule has 2 aromatic carbocycles. The minimum Gasteiger partial charge on any atom is -0.456 e. The topological polar surface area (TPSA) is 84.5 Å². The highest BCUT2D eigenvalue weighted by Gasteiger charge is 2.12. The Hall–Kier alpha value is -2.09. The first-order valence-electron chi connectivity index (χ1n) is 8.21. The Balaban J connectivity index is 1.74. The van der Waals surface area contributed by atoms with Gasteiger partial charge in [0.1, 0.15) is 0 Å². The van der Waals surface area contributed by atoms with Crippen LogP contribution in [0.15, 0.2) is 40.9 Å². The summed E-state index contributed by atoms with van der Waals surface area (Å²) < 4.78 is 5.78. The molecule has 0 radical (unpaired) electrons. The van der Waals surface area contributed by atoms with Crippen molar-refractivity contribution in [1.82, 2.24) is 0 Å². The van der Waals surface area contributed by atoms with Gasteiger partial charge in [0.15, 0.2) is 6.61 Å². The van der Waals surface area contributed by atoms with Crippen LogP contribution in [0.4, 0.5) is 11.4 Å². The lowest BCUT2D eigenvalue weighted by Crippen LogP contribution is -2.22. The van der Waals surface area contributed by atoms with Gasteiger partial charge in [0.05, 0.1) is 17.1 Å². The van der Waals surface area contributed by atoms with Crippen molar-refractivity contribution in [3.05, 3.63) is 56.5 Å². The maximum Gasteiger partial charge on any atom is 0.306 e. The average molecular weight is 488 g/mol. The first-order chi connectivity index (χ1) is 13.2. The third-order valence-corrected chi connectivity index (χ3v) is 4.64. The molecule has 2 aromatic rings. The van der Waals surface area contributed by atoms with Crippen molar-refractivity contribution in [3.63, 3.8) is 0 Å². The van der Waals surface area contributed by atoms with Crippen molar-refractivity contribution in [1.29, 1.82) is 0 Å². The molecule has 0 aromatic heterocycles. The van der Waals surface area contributed by atoms with Gasteiger partial charge in [-0.1, -0.05) is 39.1 Å². The number of aryl methyl sites for hydroxylation is 1. The predicted octanol–water partition coefficient (Wildman–Crippen LogP) is 4.96. The van der Waals surface area contributed by atoms with Gasteiger partial charge in [-0.3, -0.25) is 14.4 Å². The van der Waals surface area contributed by atoms with Crippen LogP contribution in [-0.4, -0.2) is 24.4 Å². The van der Waals surface area contributed by atoms with E-state index in [-0.39, 0.29) is 18.7 Å². The molecule has 0 atom stereocenters.